The Hall–Kier alpha value is -1.37. The van der Waals surface area contributed by atoms with E-state index in [9.17, 15) is 8.42 Å². The van der Waals surface area contributed by atoms with Crippen molar-refractivity contribution in [3.63, 3.8) is 0 Å². The molecule has 2 aromatic rings. The van der Waals surface area contributed by atoms with Crippen LogP contribution < -0.4 is 5.73 Å². The average Bonchev–Trinajstić information content (AvgIpc) is 2.87. The summed E-state index contributed by atoms with van der Waals surface area (Å²) in [6.07, 6.45) is 0.717. The van der Waals surface area contributed by atoms with E-state index in [4.69, 9.17) is 5.73 Å². The molecule has 0 radical (unpaired) electrons. The number of nitrogens with zero attached hydrogens (tertiary/aromatic N) is 1. The zero-order valence-corrected chi connectivity index (χ0v) is 13.2. The van der Waals surface area contributed by atoms with Crippen LogP contribution in [-0.2, 0) is 16.4 Å². The first-order valence-corrected chi connectivity index (χ1v) is 8.57. The van der Waals surface area contributed by atoms with Crippen molar-refractivity contribution in [1.82, 2.24) is 4.31 Å². The maximum atomic E-state index is 12.5. The number of thiophene rings is 1. The summed E-state index contributed by atoms with van der Waals surface area (Å²) in [4.78, 5) is 1.43. The van der Waals surface area contributed by atoms with Gasteiger partial charge in [0.05, 0.1) is 4.90 Å². The van der Waals surface area contributed by atoms with Gasteiger partial charge >= 0.3 is 0 Å². The standard InChI is InChI=1S/C14H18N2O2S2/c1-11-8-12(15)10-14(9-11)20(17,18)16(2)6-5-13-4-3-7-19-13/h3-4,7-10H,5-6,15H2,1-2H3. The third-order valence-electron chi connectivity index (χ3n) is 3.03. The highest BCUT2D eigenvalue weighted by Crippen LogP contribution is 2.20. The molecule has 4 nitrogen and oxygen atoms in total. The van der Waals surface area contributed by atoms with Gasteiger partial charge in [0, 0.05) is 24.2 Å². The van der Waals surface area contributed by atoms with Crippen molar-refractivity contribution in [2.24, 2.45) is 0 Å². The Bertz CT molecular complexity index is 659. The first kappa shape index (κ1) is 15.0. The van der Waals surface area contributed by atoms with Crippen molar-refractivity contribution in [1.29, 1.82) is 0 Å². The molecule has 108 valence electrons. The van der Waals surface area contributed by atoms with E-state index in [1.165, 1.54) is 15.2 Å². The molecule has 2 N–H and O–H groups in total. The summed E-state index contributed by atoms with van der Waals surface area (Å²) < 4.78 is 26.3. The van der Waals surface area contributed by atoms with Gasteiger partial charge in [0.1, 0.15) is 0 Å². The van der Waals surface area contributed by atoms with Crippen molar-refractivity contribution < 1.29 is 8.42 Å². The van der Waals surface area contributed by atoms with Crippen molar-refractivity contribution in [2.75, 3.05) is 19.3 Å². The third-order valence-corrected chi connectivity index (χ3v) is 5.81. The topological polar surface area (TPSA) is 63.4 Å². The maximum Gasteiger partial charge on any atom is 0.242 e. The van der Waals surface area contributed by atoms with Crippen LogP contribution in [0.2, 0.25) is 0 Å². The molecule has 20 heavy (non-hydrogen) atoms. The van der Waals surface area contributed by atoms with Crippen LogP contribution in [0.5, 0.6) is 0 Å². The molecule has 0 aliphatic rings. The Morgan fingerprint density at radius 1 is 1.30 bits per heavy atom. The summed E-state index contributed by atoms with van der Waals surface area (Å²) in [6, 6.07) is 8.88. The largest absolute Gasteiger partial charge is 0.399 e. The SMILES string of the molecule is Cc1cc(N)cc(S(=O)(=O)N(C)CCc2cccs2)c1. The lowest BCUT2D eigenvalue weighted by Gasteiger charge is -2.17. The molecule has 0 bridgehead atoms. The second-order valence-corrected chi connectivity index (χ2v) is 7.81. The smallest absolute Gasteiger partial charge is 0.242 e. The summed E-state index contributed by atoms with van der Waals surface area (Å²) in [5.74, 6) is 0. The van der Waals surface area contributed by atoms with Crippen LogP contribution in [0.15, 0.2) is 40.6 Å². The average molecular weight is 310 g/mol. The number of sulfonamides is 1. The van der Waals surface area contributed by atoms with Gasteiger partial charge in [-0.15, -0.1) is 11.3 Å². The molecular formula is C14H18N2O2S2. The molecule has 0 atom stereocenters. The van der Waals surface area contributed by atoms with Gasteiger partial charge in [-0.1, -0.05) is 6.07 Å². The van der Waals surface area contributed by atoms with Crippen molar-refractivity contribution in [3.8, 4) is 0 Å². The molecule has 1 aromatic heterocycles. The molecule has 0 saturated carbocycles. The second kappa shape index (κ2) is 5.95. The zero-order valence-electron chi connectivity index (χ0n) is 11.5. The van der Waals surface area contributed by atoms with E-state index >= 15 is 0 Å². The minimum absolute atomic E-state index is 0.253. The van der Waals surface area contributed by atoms with E-state index in [0.717, 1.165) is 5.56 Å². The highest BCUT2D eigenvalue weighted by Gasteiger charge is 2.21. The van der Waals surface area contributed by atoms with E-state index in [1.807, 2.05) is 24.4 Å². The zero-order chi connectivity index (χ0) is 14.8. The number of hydrogen-bond donors (Lipinski definition) is 1. The Morgan fingerprint density at radius 2 is 2.05 bits per heavy atom. The number of anilines is 1. The van der Waals surface area contributed by atoms with Crippen molar-refractivity contribution in [2.45, 2.75) is 18.2 Å². The van der Waals surface area contributed by atoms with Gasteiger partial charge in [0.2, 0.25) is 10.0 Å². The molecule has 2 rings (SSSR count). The van der Waals surface area contributed by atoms with Crippen LogP contribution in [-0.4, -0.2) is 26.3 Å². The van der Waals surface area contributed by atoms with E-state index < -0.39 is 10.0 Å². The Balaban J connectivity index is 2.16. The first-order chi connectivity index (χ1) is 9.39. The normalized spacial score (nSPS) is 11.9. The Labute approximate surface area is 123 Å². The second-order valence-electron chi connectivity index (χ2n) is 4.74. The van der Waals surface area contributed by atoms with Gasteiger partial charge in [-0.25, -0.2) is 12.7 Å². The minimum Gasteiger partial charge on any atom is -0.399 e. The number of aryl methyl sites for hydroxylation is 1. The molecule has 0 fully saturated rings. The molecule has 0 amide bonds. The fraction of sp³-hybridized carbons (Fsp3) is 0.286. The quantitative estimate of drug-likeness (QED) is 0.863. The van der Waals surface area contributed by atoms with Gasteiger partial charge in [0.15, 0.2) is 0 Å². The number of nitrogen functional groups attached to an aromatic ring is 1. The fourth-order valence-electron chi connectivity index (χ4n) is 1.95. The molecule has 0 unspecified atom stereocenters. The van der Waals surface area contributed by atoms with Crippen LogP contribution in [0.1, 0.15) is 10.4 Å². The van der Waals surface area contributed by atoms with Crippen LogP contribution in [0, 0.1) is 6.92 Å². The third kappa shape index (κ3) is 3.39. The minimum atomic E-state index is -3.48. The summed E-state index contributed by atoms with van der Waals surface area (Å²) in [5.41, 5.74) is 7.04. The molecule has 1 heterocycles. The van der Waals surface area contributed by atoms with Gasteiger partial charge in [-0.05, 0) is 48.6 Å². The Kier molecular flexibility index (Phi) is 4.47. The lowest BCUT2D eigenvalue weighted by Crippen LogP contribution is -2.29. The molecular weight excluding hydrogens is 292 g/mol. The fourth-order valence-corrected chi connectivity index (χ4v) is 3.96. The summed E-state index contributed by atoms with van der Waals surface area (Å²) >= 11 is 1.63. The lowest BCUT2D eigenvalue weighted by molar-refractivity contribution is 0.473. The molecule has 0 spiro atoms. The van der Waals surface area contributed by atoms with Gasteiger partial charge in [-0.3, -0.25) is 0 Å². The molecule has 1 aromatic carbocycles. The first-order valence-electron chi connectivity index (χ1n) is 6.25. The van der Waals surface area contributed by atoms with Crippen molar-refractivity contribution in [3.05, 3.63) is 46.2 Å². The summed E-state index contributed by atoms with van der Waals surface area (Å²) in [6.45, 7) is 2.29. The molecule has 0 aliphatic carbocycles. The molecule has 0 aliphatic heterocycles. The highest BCUT2D eigenvalue weighted by molar-refractivity contribution is 7.89. The molecule has 0 saturated heterocycles. The van der Waals surface area contributed by atoms with Crippen LogP contribution in [0.3, 0.4) is 0 Å². The monoisotopic (exact) mass is 310 g/mol. The van der Waals surface area contributed by atoms with E-state index in [2.05, 4.69) is 0 Å². The number of benzene rings is 1. The van der Waals surface area contributed by atoms with E-state index in [0.29, 0.717) is 18.7 Å². The summed E-state index contributed by atoms with van der Waals surface area (Å²) in [5, 5.41) is 1.99. The lowest BCUT2D eigenvalue weighted by atomic mass is 10.2. The van der Waals surface area contributed by atoms with Crippen LogP contribution in [0.25, 0.3) is 0 Å². The number of nitrogens with two attached hydrogens (primary N) is 1. The van der Waals surface area contributed by atoms with Crippen molar-refractivity contribution >= 4 is 27.0 Å². The molecule has 6 heteroatoms. The number of rotatable bonds is 5. The van der Waals surface area contributed by atoms with Gasteiger partial charge in [-0.2, -0.15) is 0 Å². The summed E-state index contributed by atoms with van der Waals surface area (Å²) in [7, 11) is -1.88. The van der Waals surface area contributed by atoms with E-state index in [-0.39, 0.29) is 4.90 Å². The van der Waals surface area contributed by atoms with Gasteiger partial charge < -0.3 is 5.73 Å². The van der Waals surface area contributed by atoms with Crippen LogP contribution in [0.4, 0.5) is 5.69 Å². The predicted octanol–water partition coefficient (Wildman–Crippen LogP) is 2.50. The highest BCUT2D eigenvalue weighted by atomic mass is 32.2. The Morgan fingerprint density at radius 3 is 2.65 bits per heavy atom. The number of likely N-dealkylation sites (N-methyl/N-ethyl adjacent to an activating group) is 1. The number of hydrogen-bond acceptors (Lipinski definition) is 4. The maximum absolute atomic E-state index is 12.5. The van der Waals surface area contributed by atoms with Gasteiger partial charge in [0.25, 0.3) is 0 Å². The van der Waals surface area contributed by atoms with E-state index in [1.54, 1.807) is 30.5 Å². The predicted molar refractivity (Wildman–Crippen MR) is 83.4 cm³/mol. The van der Waals surface area contributed by atoms with Crippen LogP contribution >= 0.6 is 11.3 Å².